The van der Waals surface area contributed by atoms with Crippen LogP contribution in [-0.2, 0) is 9.59 Å². The molecule has 2 N–H and O–H groups in total. The lowest BCUT2D eigenvalue weighted by molar-refractivity contribution is -0.119. The van der Waals surface area contributed by atoms with Crippen molar-refractivity contribution in [1.82, 2.24) is 5.32 Å². The highest BCUT2D eigenvalue weighted by Gasteiger charge is 2.14. The quantitative estimate of drug-likeness (QED) is 0.530. The first-order valence-electron chi connectivity index (χ1n) is 10.3. The fourth-order valence-corrected chi connectivity index (χ4v) is 3.48. The Hall–Kier alpha value is -2.67. The van der Waals surface area contributed by atoms with Gasteiger partial charge in [-0.2, -0.15) is 0 Å². The predicted octanol–water partition coefficient (Wildman–Crippen LogP) is 4.59. The maximum absolute atomic E-state index is 12.3. The van der Waals surface area contributed by atoms with Crippen LogP contribution < -0.4 is 20.1 Å². The van der Waals surface area contributed by atoms with E-state index < -0.39 is 0 Å². The molecule has 2 aromatic rings. The van der Waals surface area contributed by atoms with E-state index in [-0.39, 0.29) is 29.4 Å². The largest absolute Gasteiger partial charge is 0.493 e. The number of ether oxygens (including phenoxy) is 2. The molecule has 6 nitrogen and oxygen atoms in total. The number of nitrogens with one attached hydrogen (secondary N) is 2. The maximum Gasteiger partial charge on any atom is 0.234 e. The highest BCUT2D eigenvalue weighted by Crippen LogP contribution is 2.30. The van der Waals surface area contributed by atoms with E-state index in [2.05, 4.69) is 24.5 Å². The van der Waals surface area contributed by atoms with Crippen LogP contribution in [0.1, 0.15) is 37.9 Å². The molecule has 0 spiro atoms. The molecule has 0 saturated heterocycles. The smallest absolute Gasteiger partial charge is 0.234 e. The summed E-state index contributed by atoms with van der Waals surface area (Å²) < 4.78 is 11.2. The summed E-state index contributed by atoms with van der Waals surface area (Å²) in [6.45, 7) is 8.66. The van der Waals surface area contributed by atoms with Gasteiger partial charge in [-0.05, 0) is 55.2 Å². The fraction of sp³-hybridized carbons (Fsp3) is 0.417. The Kier molecular flexibility index (Phi) is 9.72. The van der Waals surface area contributed by atoms with Crippen LogP contribution in [-0.4, -0.2) is 37.0 Å². The molecule has 2 amide bonds. The Labute approximate surface area is 189 Å². The van der Waals surface area contributed by atoms with E-state index >= 15 is 0 Å². The van der Waals surface area contributed by atoms with Crippen molar-refractivity contribution in [2.24, 2.45) is 5.92 Å². The third-order valence-electron chi connectivity index (χ3n) is 4.41. The number of carbonyl (C=O) groups is 2. The molecule has 0 radical (unpaired) electrons. The molecule has 0 bridgehead atoms. The van der Waals surface area contributed by atoms with Gasteiger partial charge in [0.05, 0.1) is 31.3 Å². The van der Waals surface area contributed by atoms with E-state index in [0.29, 0.717) is 24.0 Å². The van der Waals surface area contributed by atoms with E-state index in [1.807, 2.05) is 56.3 Å². The molecular formula is C24H32N2O4S. The van der Waals surface area contributed by atoms with Crippen molar-refractivity contribution in [2.75, 3.05) is 30.5 Å². The summed E-state index contributed by atoms with van der Waals surface area (Å²) in [4.78, 5) is 24.3. The van der Waals surface area contributed by atoms with Crippen LogP contribution in [0, 0.1) is 12.8 Å². The number of rotatable bonds is 11. The van der Waals surface area contributed by atoms with Crippen molar-refractivity contribution >= 4 is 29.3 Å². The number of anilines is 1. The zero-order chi connectivity index (χ0) is 22.8. The van der Waals surface area contributed by atoms with Crippen molar-refractivity contribution in [2.45, 2.75) is 33.7 Å². The average molecular weight is 445 g/mol. The molecule has 0 fully saturated rings. The van der Waals surface area contributed by atoms with E-state index in [0.717, 1.165) is 16.8 Å². The summed E-state index contributed by atoms with van der Waals surface area (Å²) in [6, 6.07) is 13.1. The molecule has 2 rings (SSSR count). The molecule has 0 saturated carbocycles. The minimum absolute atomic E-state index is 0.125. The Morgan fingerprint density at radius 3 is 2.42 bits per heavy atom. The normalized spacial score (nSPS) is 11.7. The first kappa shape index (κ1) is 24.6. The summed E-state index contributed by atoms with van der Waals surface area (Å²) in [5.74, 6) is 1.91. The topological polar surface area (TPSA) is 76.7 Å². The zero-order valence-electron chi connectivity index (χ0n) is 18.9. The van der Waals surface area contributed by atoms with Crippen LogP contribution in [0.4, 0.5) is 5.69 Å². The summed E-state index contributed by atoms with van der Waals surface area (Å²) in [6.07, 6.45) is 0. The number of aryl methyl sites for hydroxylation is 1. The third kappa shape index (κ3) is 8.53. The highest BCUT2D eigenvalue weighted by atomic mass is 32.2. The van der Waals surface area contributed by atoms with Crippen LogP contribution in [0.5, 0.6) is 11.5 Å². The molecule has 0 aliphatic heterocycles. The van der Waals surface area contributed by atoms with Gasteiger partial charge in [0.1, 0.15) is 0 Å². The van der Waals surface area contributed by atoms with Gasteiger partial charge in [0, 0.05) is 5.69 Å². The number of thioether (sulfide) groups is 1. The van der Waals surface area contributed by atoms with Gasteiger partial charge in [0.25, 0.3) is 0 Å². The number of methoxy groups -OCH3 is 1. The van der Waals surface area contributed by atoms with E-state index in [4.69, 9.17) is 9.47 Å². The molecule has 0 aliphatic rings. The molecule has 168 valence electrons. The molecule has 1 unspecified atom stereocenters. The second kappa shape index (κ2) is 12.2. The minimum atomic E-state index is -0.192. The lowest BCUT2D eigenvalue weighted by Gasteiger charge is -2.17. The summed E-state index contributed by atoms with van der Waals surface area (Å²) in [7, 11) is 1.60. The molecular weight excluding hydrogens is 412 g/mol. The number of carbonyl (C=O) groups excluding carboxylic acids is 2. The summed E-state index contributed by atoms with van der Waals surface area (Å²) >= 11 is 1.28. The maximum atomic E-state index is 12.3. The van der Waals surface area contributed by atoms with Crippen molar-refractivity contribution in [3.05, 3.63) is 53.6 Å². The van der Waals surface area contributed by atoms with Crippen molar-refractivity contribution in [1.29, 1.82) is 0 Å². The molecule has 0 aromatic heterocycles. The van der Waals surface area contributed by atoms with Gasteiger partial charge in [-0.15, -0.1) is 11.8 Å². The van der Waals surface area contributed by atoms with E-state index in [9.17, 15) is 9.59 Å². The van der Waals surface area contributed by atoms with Crippen LogP contribution >= 0.6 is 11.8 Å². The van der Waals surface area contributed by atoms with Gasteiger partial charge in [-0.1, -0.05) is 32.0 Å². The van der Waals surface area contributed by atoms with Crippen LogP contribution in [0.3, 0.4) is 0 Å². The number of amides is 2. The highest BCUT2D eigenvalue weighted by molar-refractivity contribution is 8.00. The number of hydrogen-bond donors (Lipinski definition) is 2. The molecule has 31 heavy (non-hydrogen) atoms. The zero-order valence-corrected chi connectivity index (χ0v) is 19.7. The molecule has 2 aromatic carbocycles. The van der Waals surface area contributed by atoms with Crippen molar-refractivity contribution in [3.8, 4) is 11.5 Å². The van der Waals surface area contributed by atoms with Gasteiger partial charge >= 0.3 is 0 Å². The molecule has 0 aliphatic carbocycles. The summed E-state index contributed by atoms with van der Waals surface area (Å²) in [5, 5.41) is 5.80. The van der Waals surface area contributed by atoms with Gasteiger partial charge in [-0.3, -0.25) is 9.59 Å². The van der Waals surface area contributed by atoms with Crippen LogP contribution in [0.25, 0.3) is 0 Å². The first-order valence-corrected chi connectivity index (χ1v) is 11.5. The molecule has 0 heterocycles. The molecule has 1 atom stereocenters. The van der Waals surface area contributed by atoms with Crippen LogP contribution in [0.2, 0.25) is 0 Å². The predicted molar refractivity (Wildman–Crippen MR) is 127 cm³/mol. The number of benzene rings is 2. The summed E-state index contributed by atoms with van der Waals surface area (Å²) in [5.41, 5.74) is 2.76. The van der Waals surface area contributed by atoms with E-state index in [1.54, 1.807) is 7.11 Å². The second-order valence-corrected chi connectivity index (χ2v) is 8.80. The Bertz CT molecular complexity index is 886. The molecule has 7 heteroatoms. The fourth-order valence-electron chi connectivity index (χ4n) is 2.85. The van der Waals surface area contributed by atoms with Crippen LogP contribution in [0.15, 0.2) is 42.5 Å². The lowest BCUT2D eigenvalue weighted by Crippen LogP contribution is -2.28. The Morgan fingerprint density at radius 2 is 1.74 bits per heavy atom. The van der Waals surface area contributed by atoms with Crippen molar-refractivity contribution < 1.29 is 19.1 Å². The lowest BCUT2D eigenvalue weighted by atomic mass is 10.1. The van der Waals surface area contributed by atoms with Crippen molar-refractivity contribution in [3.63, 3.8) is 0 Å². The first-order chi connectivity index (χ1) is 14.8. The monoisotopic (exact) mass is 444 g/mol. The second-order valence-electron chi connectivity index (χ2n) is 7.81. The minimum Gasteiger partial charge on any atom is -0.493 e. The number of hydrogen-bond acceptors (Lipinski definition) is 5. The Morgan fingerprint density at radius 1 is 1.00 bits per heavy atom. The average Bonchev–Trinajstić information content (AvgIpc) is 2.71. The van der Waals surface area contributed by atoms with Gasteiger partial charge < -0.3 is 20.1 Å². The Balaban J connectivity index is 1.80. The van der Waals surface area contributed by atoms with Gasteiger partial charge in [0.2, 0.25) is 11.8 Å². The van der Waals surface area contributed by atoms with Gasteiger partial charge in [0.15, 0.2) is 11.5 Å². The SMILES string of the molecule is COc1cc(C(C)NC(=O)CSCC(=O)Nc2cccc(C)c2)ccc1OCC(C)C. The standard InChI is InChI=1S/C24H32N2O4S/c1-16(2)13-30-21-10-9-19(12-22(21)29-5)18(4)25-23(27)14-31-15-24(28)26-20-8-6-7-17(3)11-20/h6-12,16,18H,13-15H2,1-5H3,(H,25,27)(H,26,28). The van der Waals surface area contributed by atoms with E-state index in [1.165, 1.54) is 11.8 Å². The van der Waals surface area contributed by atoms with Gasteiger partial charge in [-0.25, -0.2) is 0 Å². The third-order valence-corrected chi connectivity index (χ3v) is 5.34.